The SMILES string of the molecule is CCCNC(=O)c1ccc(Nc2ccc(C)c(Br)c2)cn1. The minimum Gasteiger partial charge on any atom is -0.354 e. The quantitative estimate of drug-likeness (QED) is 0.858. The molecule has 21 heavy (non-hydrogen) atoms. The summed E-state index contributed by atoms with van der Waals surface area (Å²) in [4.78, 5) is 15.9. The number of aromatic nitrogens is 1. The second-order valence-electron chi connectivity index (χ2n) is 4.78. The lowest BCUT2D eigenvalue weighted by atomic mass is 10.2. The van der Waals surface area contributed by atoms with Crippen LogP contribution in [-0.4, -0.2) is 17.4 Å². The van der Waals surface area contributed by atoms with Gasteiger partial charge in [0.15, 0.2) is 0 Å². The van der Waals surface area contributed by atoms with Crippen molar-refractivity contribution in [1.82, 2.24) is 10.3 Å². The van der Waals surface area contributed by atoms with Gasteiger partial charge in [-0.15, -0.1) is 0 Å². The summed E-state index contributed by atoms with van der Waals surface area (Å²) in [6.45, 7) is 4.72. The van der Waals surface area contributed by atoms with Crippen LogP contribution in [0.2, 0.25) is 0 Å². The van der Waals surface area contributed by atoms with Crippen LogP contribution in [0.3, 0.4) is 0 Å². The first-order valence-corrected chi connectivity index (χ1v) is 7.67. The van der Waals surface area contributed by atoms with Crippen LogP contribution in [0.4, 0.5) is 11.4 Å². The van der Waals surface area contributed by atoms with Gasteiger partial charge in [0, 0.05) is 16.7 Å². The standard InChI is InChI=1S/C16H18BrN3O/c1-3-8-18-16(21)15-7-6-13(10-19-15)20-12-5-4-11(2)14(17)9-12/h4-7,9-10,20H,3,8H2,1-2H3,(H,18,21). The molecule has 1 aromatic heterocycles. The van der Waals surface area contributed by atoms with Crippen LogP contribution in [0.1, 0.15) is 29.4 Å². The molecule has 110 valence electrons. The number of rotatable bonds is 5. The van der Waals surface area contributed by atoms with Gasteiger partial charge in [-0.2, -0.15) is 0 Å². The first-order chi connectivity index (χ1) is 10.1. The van der Waals surface area contributed by atoms with Gasteiger partial charge in [-0.25, -0.2) is 4.98 Å². The normalized spacial score (nSPS) is 10.2. The molecule has 2 rings (SSSR count). The fraction of sp³-hybridized carbons (Fsp3) is 0.250. The fourth-order valence-electron chi connectivity index (χ4n) is 1.77. The molecule has 0 saturated heterocycles. The summed E-state index contributed by atoms with van der Waals surface area (Å²) < 4.78 is 1.05. The number of pyridine rings is 1. The van der Waals surface area contributed by atoms with E-state index in [2.05, 4.69) is 31.5 Å². The molecule has 0 saturated carbocycles. The summed E-state index contributed by atoms with van der Waals surface area (Å²) in [6.07, 6.45) is 2.57. The number of hydrogen-bond acceptors (Lipinski definition) is 3. The van der Waals surface area contributed by atoms with E-state index in [1.807, 2.05) is 38.1 Å². The molecule has 2 aromatic rings. The van der Waals surface area contributed by atoms with E-state index in [-0.39, 0.29) is 5.91 Å². The third-order valence-electron chi connectivity index (χ3n) is 2.99. The van der Waals surface area contributed by atoms with Crippen LogP contribution in [0.25, 0.3) is 0 Å². The van der Waals surface area contributed by atoms with Gasteiger partial charge in [0.2, 0.25) is 0 Å². The topological polar surface area (TPSA) is 54.0 Å². The number of halogens is 1. The van der Waals surface area contributed by atoms with Gasteiger partial charge >= 0.3 is 0 Å². The van der Waals surface area contributed by atoms with Crippen molar-refractivity contribution in [2.75, 3.05) is 11.9 Å². The Kier molecular flexibility index (Phi) is 5.33. The number of hydrogen-bond donors (Lipinski definition) is 2. The summed E-state index contributed by atoms with van der Waals surface area (Å²) in [7, 11) is 0. The van der Waals surface area contributed by atoms with E-state index in [4.69, 9.17) is 0 Å². The maximum absolute atomic E-state index is 11.8. The second kappa shape index (κ2) is 7.22. The molecule has 0 fully saturated rings. The zero-order chi connectivity index (χ0) is 15.2. The highest BCUT2D eigenvalue weighted by atomic mass is 79.9. The zero-order valence-corrected chi connectivity index (χ0v) is 13.7. The van der Waals surface area contributed by atoms with Crippen LogP contribution in [-0.2, 0) is 0 Å². The predicted molar refractivity (Wildman–Crippen MR) is 89.0 cm³/mol. The Morgan fingerprint density at radius 2 is 2.00 bits per heavy atom. The fourth-order valence-corrected chi connectivity index (χ4v) is 2.15. The van der Waals surface area contributed by atoms with Gasteiger partial charge in [-0.1, -0.05) is 28.9 Å². The van der Waals surface area contributed by atoms with Crippen molar-refractivity contribution in [3.63, 3.8) is 0 Å². The van der Waals surface area contributed by atoms with Crippen molar-refractivity contribution in [2.45, 2.75) is 20.3 Å². The third-order valence-corrected chi connectivity index (χ3v) is 3.85. The molecule has 0 aliphatic rings. The van der Waals surface area contributed by atoms with E-state index in [1.165, 1.54) is 5.56 Å². The van der Waals surface area contributed by atoms with Crippen LogP contribution in [0.15, 0.2) is 41.0 Å². The van der Waals surface area contributed by atoms with E-state index >= 15 is 0 Å². The lowest BCUT2D eigenvalue weighted by Gasteiger charge is -2.08. The number of benzene rings is 1. The molecule has 4 nitrogen and oxygen atoms in total. The monoisotopic (exact) mass is 347 g/mol. The van der Waals surface area contributed by atoms with Gasteiger partial charge in [-0.05, 0) is 43.2 Å². The number of nitrogens with one attached hydrogen (secondary N) is 2. The molecule has 0 bridgehead atoms. The maximum Gasteiger partial charge on any atom is 0.269 e. The van der Waals surface area contributed by atoms with E-state index in [0.29, 0.717) is 12.2 Å². The Morgan fingerprint density at radius 3 is 2.62 bits per heavy atom. The first-order valence-electron chi connectivity index (χ1n) is 6.87. The van der Waals surface area contributed by atoms with Crippen molar-refractivity contribution in [1.29, 1.82) is 0 Å². The van der Waals surface area contributed by atoms with E-state index in [1.54, 1.807) is 12.3 Å². The average molecular weight is 348 g/mol. The molecule has 0 radical (unpaired) electrons. The van der Waals surface area contributed by atoms with E-state index in [0.717, 1.165) is 22.3 Å². The molecule has 0 aliphatic heterocycles. The lowest BCUT2D eigenvalue weighted by Crippen LogP contribution is -2.24. The van der Waals surface area contributed by atoms with Gasteiger partial charge in [0.1, 0.15) is 5.69 Å². The Hall–Kier alpha value is -1.88. The number of carbonyl (C=O) groups is 1. The molecule has 1 aromatic carbocycles. The summed E-state index contributed by atoms with van der Waals surface area (Å²) in [5.41, 5.74) is 3.43. The number of amides is 1. The largest absolute Gasteiger partial charge is 0.354 e. The molecule has 0 aliphatic carbocycles. The van der Waals surface area contributed by atoms with Gasteiger partial charge in [0.25, 0.3) is 5.91 Å². The number of aryl methyl sites for hydroxylation is 1. The van der Waals surface area contributed by atoms with Crippen molar-refractivity contribution in [2.24, 2.45) is 0 Å². The summed E-state index contributed by atoms with van der Waals surface area (Å²) >= 11 is 3.51. The number of nitrogens with zero attached hydrogens (tertiary/aromatic N) is 1. The van der Waals surface area contributed by atoms with E-state index in [9.17, 15) is 4.79 Å². The molecule has 0 atom stereocenters. The lowest BCUT2D eigenvalue weighted by molar-refractivity contribution is 0.0949. The summed E-state index contributed by atoms with van der Waals surface area (Å²) in [5, 5.41) is 6.06. The Balaban J connectivity index is 2.05. The molecule has 2 N–H and O–H groups in total. The summed E-state index contributed by atoms with van der Waals surface area (Å²) in [5.74, 6) is -0.138. The smallest absolute Gasteiger partial charge is 0.269 e. The molecule has 0 spiro atoms. The van der Waals surface area contributed by atoms with Gasteiger partial charge < -0.3 is 10.6 Å². The zero-order valence-electron chi connectivity index (χ0n) is 12.1. The minimum absolute atomic E-state index is 0.138. The van der Waals surface area contributed by atoms with Gasteiger partial charge in [-0.3, -0.25) is 4.79 Å². The van der Waals surface area contributed by atoms with Crippen LogP contribution < -0.4 is 10.6 Å². The highest BCUT2D eigenvalue weighted by molar-refractivity contribution is 9.10. The van der Waals surface area contributed by atoms with Crippen LogP contribution in [0, 0.1) is 6.92 Å². The first kappa shape index (κ1) is 15.5. The predicted octanol–water partition coefficient (Wildman–Crippen LogP) is 4.04. The Bertz CT molecular complexity index is 626. The Morgan fingerprint density at radius 1 is 1.24 bits per heavy atom. The van der Waals surface area contributed by atoms with Gasteiger partial charge in [0.05, 0.1) is 11.9 Å². The third kappa shape index (κ3) is 4.29. The van der Waals surface area contributed by atoms with Crippen molar-refractivity contribution < 1.29 is 4.79 Å². The van der Waals surface area contributed by atoms with E-state index < -0.39 is 0 Å². The minimum atomic E-state index is -0.138. The van der Waals surface area contributed by atoms with Crippen molar-refractivity contribution >= 4 is 33.2 Å². The summed E-state index contributed by atoms with van der Waals surface area (Å²) in [6, 6.07) is 9.61. The Labute approximate surface area is 133 Å². The molecule has 0 unspecified atom stereocenters. The van der Waals surface area contributed by atoms with Crippen LogP contribution >= 0.6 is 15.9 Å². The maximum atomic E-state index is 11.8. The average Bonchev–Trinajstić information content (AvgIpc) is 2.49. The number of anilines is 2. The van der Waals surface area contributed by atoms with Crippen molar-refractivity contribution in [3.8, 4) is 0 Å². The molecule has 1 heterocycles. The second-order valence-corrected chi connectivity index (χ2v) is 5.63. The number of carbonyl (C=O) groups excluding carboxylic acids is 1. The van der Waals surface area contributed by atoms with Crippen molar-refractivity contribution in [3.05, 3.63) is 52.3 Å². The highest BCUT2D eigenvalue weighted by Crippen LogP contribution is 2.23. The highest BCUT2D eigenvalue weighted by Gasteiger charge is 2.06. The molecular weight excluding hydrogens is 330 g/mol. The molecule has 5 heteroatoms. The molecular formula is C16H18BrN3O. The molecule has 1 amide bonds. The van der Waals surface area contributed by atoms with Crippen LogP contribution in [0.5, 0.6) is 0 Å².